The van der Waals surface area contributed by atoms with E-state index >= 15 is 0 Å². The summed E-state index contributed by atoms with van der Waals surface area (Å²) >= 11 is 1.59. The van der Waals surface area contributed by atoms with E-state index in [0.717, 1.165) is 27.7 Å². The van der Waals surface area contributed by atoms with Gasteiger partial charge in [0.1, 0.15) is 12.4 Å². The Hall–Kier alpha value is -3.00. The SMILES string of the molecule is COc1ccc(C2=Nn3c(COc4cccc(C)c4C)nnc3SC2)cc1OC. The summed E-state index contributed by atoms with van der Waals surface area (Å²) in [5.74, 6) is 3.56. The Morgan fingerprint density at radius 1 is 1.00 bits per heavy atom. The largest absolute Gasteiger partial charge is 0.493 e. The molecule has 0 saturated heterocycles. The number of aryl methyl sites for hydroxylation is 1. The first-order valence-corrected chi connectivity index (χ1v) is 10.2. The van der Waals surface area contributed by atoms with Crippen molar-refractivity contribution < 1.29 is 14.2 Å². The molecule has 7 nitrogen and oxygen atoms in total. The summed E-state index contributed by atoms with van der Waals surface area (Å²) in [5.41, 5.74) is 4.19. The second kappa shape index (κ2) is 8.16. The third-order valence-electron chi connectivity index (χ3n) is 4.86. The highest BCUT2D eigenvalue weighted by Crippen LogP contribution is 2.31. The zero-order valence-corrected chi connectivity index (χ0v) is 17.6. The Morgan fingerprint density at radius 3 is 2.62 bits per heavy atom. The Balaban J connectivity index is 1.60. The quantitative estimate of drug-likeness (QED) is 0.615. The van der Waals surface area contributed by atoms with Crippen LogP contribution in [0.5, 0.6) is 17.2 Å². The predicted molar refractivity (Wildman–Crippen MR) is 112 cm³/mol. The number of ether oxygens (including phenoxy) is 3. The average molecular weight is 410 g/mol. The van der Waals surface area contributed by atoms with Gasteiger partial charge in [-0.1, -0.05) is 23.9 Å². The van der Waals surface area contributed by atoms with Crippen molar-refractivity contribution >= 4 is 17.5 Å². The van der Waals surface area contributed by atoms with Gasteiger partial charge in [0.05, 0.1) is 19.9 Å². The molecule has 0 N–H and O–H groups in total. The molecule has 0 aliphatic carbocycles. The maximum Gasteiger partial charge on any atom is 0.212 e. The fourth-order valence-electron chi connectivity index (χ4n) is 3.04. The van der Waals surface area contributed by atoms with E-state index in [4.69, 9.17) is 19.3 Å². The second-order valence-corrected chi connectivity index (χ2v) is 7.54. The van der Waals surface area contributed by atoms with Crippen LogP contribution in [0.25, 0.3) is 0 Å². The molecule has 29 heavy (non-hydrogen) atoms. The van der Waals surface area contributed by atoms with Gasteiger partial charge in [0.2, 0.25) is 5.16 Å². The number of hydrogen-bond acceptors (Lipinski definition) is 7. The molecular formula is C21H22N4O3S. The van der Waals surface area contributed by atoms with Crippen molar-refractivity contribution in [2.45, 2.75) is 25.6 Å². The third-order valence-corrected chi connectivity index (χ3v) is 5.79. The van der Waals surface area contributed by atoms with Gasteiger partial charge >= 0.3 is 0 Å². The standard InChI is InChI=1S/C21H22N4O3S/c1-13-6-5-7-17(14(13)2)28-11-20-22-23-21-25(20)24-16(12-29-21)15-8-9-18(26-3)19(10-15)27-4/h5-10H,11-12H2,1-4H3. The van der Waals surface area contributed by atoms with Crippen LogP contribution in [-0.2, 0) is 6.61 Å². The van der Waals surface area contributed by atoms with Crippen molar-refractivity contribution in [3.05, 3.63) is 58.9 Å². The topological polar surface area (TPSA) is 70.8 Å². The van der Waals surface area contributed by atoms with E-state index in [1.165, 1.54) is 5.56 Å². The summed E-state index contributed by atoms with van der Waals surface area (Å²) in [6.07, 6.45) is 0. The molecule has 0 spiro atoms. The summed E-state index contributed by atoms with van der Waals surface area (Å²) in [6, 6.07) is 11.8. The fraction of sp³-hybridized carbons (Fsp3) is 0.286. The van der Waals surface area contributed by atoms with Crippen molar-refractivity contribution in [1.29, 1.82) is 0 Å². The molecule has 0 amide bonds. The number of fused-ring (bicyclic) bond motifs is 1. The lowest BCUT2D eigenvalue weighted by Gasteiger charge is -2.16. The zero-order valence-electron chi connectivity index (χ0n) is 16.8. The molecule has 4 rings (SSSR count). The molecule has 3 aromatic rings. The van der Waals surface area contributed by atoms with E-state index in [9.17, 15) is 0 Å². The Morgan fingerprint density at radius 2 is 1.83 bits per heavy atom. The van der Waals surface area contributed by atoms with E-state index in [0.29, 0.717) is 29.7 Å². The minimum absolute atomic E-state index is 0.292. The van der Waals surface area contributed by atoms with Crippen LogP contribution in [0.15, 0.2) is 46.7 Å². The van der Waals surface area contributed by atoms with Crippen LogP contribution in [0.3, 0.4) is 0 Å². The Bertz CT molecular complexity index is 1080. The van der Waals surface area contributed by atoms with Crippen molar-refractivity contribution in [2.24, 2.45) is 5.10 Å². The first kappa shape index (κ1) is 19.3. The van der Waals surface area contributed by atoms with Gasteiger partial charge < -0.3 is 14.2 Å². The monoisotopic (exact) mass is 410 g/mol. The first-order chi connectivity index (χ1) is 14.1. The van der Waals surface area contributed by atoms with Gasteiger partial charge in [-0.2, -0.15) is 9.78 Å². The summed E-state index contributed by atoms with van der Waals surface area (Å²) in [6.45, 7) is 4.41. The molecule has 2 aromatic carbocycles. The van der Waals surface area contributed by atoms with Gasteiger partial charge in [0.25, 0.3) is 0 Å². The number of hydrogen-bond donors (Lipinski definition) is 0. The van der Waals surface area contributed by atoms with Crippen LogP contribution in [0.4, 0.5) is 0 Å². The minimum atomic E-state index is 0.292. The summed E-state index contributed by atoms with van der Waals surface area (Å²) < 4.78 is 18.5. The lowest BCUT2D eigenvalue weighted by Crippen LogP contribution is -2.15. The zero-order chi connectivity index (χ0) is 20.4. The van der Waals surface area contributed by atoms with E-state index in [-0.39, 0.29) is 0 Å². The number of nitrogens with zero attached hydrogens (tertiary/aromatic N) is 4. The Kier molecular flexibility index (Phi) is 5.44. The van der Waals surface area contributed by atoms with Crippen molar-refractivity contribution in [3.8, 4) is 17.2 Å². The number of rotatable bonds is 6. The van der Waals surface area contributed by atoms with Gasteiger partial charge in [-0.15, -0.1) is 10.2 Å². The van der Waals surface area contributed by atoms with Crippen LogP contribution in [0.2, 0.25) is 0 Å². The van der Waals surface area contributed by atoms with E-state index in [2.05, 4.69) is 23.2 Å². The highest BCUT2D eigenvalue weighted by atomic mass is 32.2. The molecule has 1 aliphatic rings. The molecule has 1 aromatic heterocycles. The normalized spacial score (nSPS) is 12.9. The number of methoxy groups -OCH3 is 2. The van der Waals surface area contributed by atoms with Crippen molar-refractivity contribution in [2.75, 3.05) is 20.0 Å². The van der Waals surface area contributed by atoms with Crippen molar-refractivity contribution in [3.63, 3.8) is 0 Å². The maximum atomic E-state index is 6.00. The van der Waals surface area contributed by atoms with Gasteiger partial charge in [-0.3, -0.25) is 0 Å². The molecule has 8 heteroatoms. The van der Waals surface area contributed by atoms with Crippen LogP contribution in [0, 0.1) is 13.8 Å². The number of benzene rings is 2. The third kappa shape index (κ3) is 3.80. The van der Waals surface area contributed by atoms with Crippen LogP contribution in [-0.4, -0.2) is 40.6 Å². The fourth-order valence-corrected chi connectivity index (χ4v) is 3.90. The minimum Gasteiger partial charge on any atom is -0.493 e. The van der Waals surface area contributed by atoms with Gasteiger partial charge in [-0.05, 0) is 49.2 Å². The molecule has 150 valence electrons. The average Bonchev–Trinajstić information content (AvgIpc) is 3.16. The van der Waals surface area contributed by atoms with Gasteiger partial charge in [0, 0.05) is 11.3 Å². The van der Waals surface area contributed by atoms with Crippen LogP contribution in [0.1, 0.15) is 22.5 Å². The number of thioether (sulfide) groups is 1. The molecule has 2 heterocycles. The molecule has 0 fully saturated rings. The van der Waals surface area contributed by atoms with E-state index < -0.39 is 0 Å². The lowest BCUT2D eigenvalue weighted by molar-refractivity contribution is 0.287. The molecule has 0 atom stereocenters. The van der Waals surface area contributed by atoms with E-state index in [1.807, 2.05) is 37.3 Å². The number of aromatic nitrogens is 3. The Labute approximate surface area is 173 Å². The van der Waals surface area contributed by atoms with E-state index in [1.54, 1.807) is 30.7 Å². The maximum absolute atomic E-state index is 6.00. The second-order valence-electron chi connectivity index (χ2n) is 6.60. The van der Waals surface area contributed by atoms with Gasteiger partial charge in [-0.25, -0.2) is 0 Å². The highest BCUT2D eigenvalue weighted by Gasteiger charge is 2.21. The molecule has 1 aliphatic heterocycles. The summed E-state index contributed by atoms with van der Waals surface area (Å²) in [4.78, 5) is 0. The first-order valence-electron chi connectivity index (χ1n) is 9.17. The smallest absolute Gasteiger partial charge is 0.212 e. The molecule has 0 unspecified atom stereocenters. The summed E-state index contributed by atoms with van der Waals surface area (Å²) in [7, 11) is 3.25. The molecule has 0 radical (unpaired) electrons. The van der Waals surface area contributed by atoms with Crippen LogP contribution >= 0.6 is 11.8 Å². The van der Waals surface area contributed by atoms with Crippen LogP contribution < -0.4 is 14.2 Å². The van der Waals surface area contributed by atoms with Gasteiger partial charge in [0.15, 0.2) is 17.3 Å². The molecule has 0 bridgehead atoms. The predicted octanol–water partition coefficient (Wildman–Crippen LogP) is 3.85. The lowest BCUT2D eigenvalue weighted by atomic mass is 10.1. The molecular weight excluding hydrogens is 388 g/mol. The van der Waals surface area contributed by atoms with Crippen molar-refractivity contribution in [1.82, 2.24) is 14.9 Å². The molecule has 0 saturated carbocycles. The highest BCUT2D eigenvalue weighted by molar-refractivity contribution is 7.99. The summed E-state index contributed by atoms with van der Waals surface area (Å²) in [5, 5.41) is 14.0.